The van der Waals surface area contributed by atoms with Crippen LogP contribution in [0.1, 0.15) is 18.4 Å². The Hall–Kier alpha value is -0.990. The highest BCUT2D eigenvalue weighted by Crippen LogP contribution is 2.21. The fourth-order valence-corrected chi connectivity index (χ4v) is 3.52. The average molecular weight is 377 g/mol. The molecule has 0 bridgehead atoms. The van der Waals surface area contributed by atoms with E-state index in [-0.39, 0.29) is 24.4 Å². The van der Waals surface area contributed by atoms with Gasteiger partial charge in [0.2, 0.25) is 0 Å². The van der Waals surface area contributed by atoms with Crippen molar-refractivity contribution in [2.75, 3.05) is 31.3 Å². The summed E-state index contributed by atoms with van der Waals surface area (Å²) in [6.07, 6.45) is 1.03. The van der Waals surface area contributed by atoms with Crippen LogP contribution >= 0.6 is 12.4 Å². The van der Waals surface area contributed by atoms with E-state index in [1.165, 1.54) is 0 Å². The number of methoxy groups -OCH3 is 1. The Morgan fingerprint density at radius 2 is 2.25 bits per heavy atom. The first kappa shape index (κ1) is 21.1. The zero-order chi connectivity index (χ0) is 16.7. The van der Waals surface area contributed by atoms with Crippen LogP contribution in [-0.4, -0.2) is 48.3 Å². The van der Waals surface area contributed by atoms with Crippen molar-refractivity contribution < 1.29 is 18.5 Å². The SMILES string of the molecule is COCCS(=O)Cc1cccc(NC(=O)[C@@H]2CC[C@H](CN)O2)c1.Cl. The molecular formula is C16H25ClN2O4S. The Morgan fingerprint density at radius 1 is 1.46 bits per heavy atom. The molecule has 24 heavy (non-hydrogen) atoms. The van der Waals surface area contributed by atoms with Gasteiger partial charge in [-0.2, -0.15) is 0 Å². The van der Waals surface area contributed by atoms with Gasteiger partial charge in [0.05, 0.1) is 12.7 Å². The monoisotopic (exact) mass is 376 g/mol. The quantitative estimate of drug-likeness (QED) is 0.716. The molecule has 0 saturated carbocycles. The average Bonchev–Trinajstić information content (AvgIpc) is 3.02. The topological polar surface area (TPSA) is 90.7 Å². The van der Waals surface area contributed by atoms with Crippen LogP contribution < -0.4 is 11.1 Å². The predicted molar refractivity (Wildman–Crippen MR) is 97.9 cm³/mol. The van der Waals surface area contributed by atoms with Crippen LogP contribution in [-0.2, 0) is 30.8 Å². The van der Waals surface area contributed by atoms with Crippen LogP contribution in [0.4, 0.5) is 5.69 Å². The Kier molecular flexibility index (Phi) is 9.46. The summed E-state index contributed by atoms with van der Waals surface area (Å²) in [6.45, 7) is 0.914. The van der Waals surface area contributed by atoms with Crippen LogP contribution in [0, 0.1) is 0 Å². The molecule has 3 atom stereocenters. The highest BCUT2D eigenvalue weighted by Gasteiger charge is 2.29. The van der Waals surface area contributed by atoms with Gasteiger partial charge in [-0.3, -0.25) is 9.00 Å². The molecule has 1 aliphatic heterocycles. The number of rotatable bonds is 8. The summed E-state index contributed by atoms with van der Waals surface area (Å²) in [6, 6.07) is 7.40. The summed E-state index contributed by atoms with van der Waals surface area (Å²) in [4.78, 5) is 12.2. The molecule has 1 unspecified atom stereocenters. The third kappa shape index (κ3) is 6.49. The van der Waals surface area contributed by atoms with E-state index in [9.17, 15) is 9.00 Å². The van der Waals surface area contributed by atoms with Gasteiger partial charge in [0, 0.05) is 41.6 Å². The maximum atomic E-state index is 12.2. The number of hydrogen-bond acceptors (Lipinski definition) is 5. The lowest BCUT2D eigenvalue weighted by atomic mass is 10.1. The predicted octanol–water partition coefficient (Wildman–Crippen LogP) is 1.45. The van der Waals surface area contributed by atoms with Crippen molar-refractivity contribution in [2.45, 2.75) is 30.8 Å². The lowest BCUT2D eigenvalue weighted by molar-refractivity contribution is -0.126. The fourth-order valence-electron chi connectivity index (χ4n) is 2.47. The van der Waals surface area contributed by atoms with Crippen molar-refractivity contribution in [1.29, 1.82) is 0 Å². The summed E-state index contributed by atoms with van der Waals surface area (Å²) in [7, 11) is 0.615. The molecule has 0 radical (unpaired) electrons. The Morgan fingerprint density at radius 3 is 2.92 bits per heavy atom. The summed E-state index contributed by atoms with van der Waals surface area (Å²) in [5, 5.41) is 2.86. The van der Waals surface area contributed by atoms with Crippen molar-refractivity contribution in [3.8, 4) is 0 Å². The first-order chi connectivity index (χ1) is 11.1. The number of anilines is 1. The van der Waals surface area contributed by atoms with E-state index in [1.54, 1.807) is 7.11 Å². The molecule has 1 aromatic carbocycles. The highest BCUT2D eigenvalue weighted by atomic mass is 35.5. The second-order valence-electron chi connectivity index (χ2n) is 5.53. The third-order valence-corrected chi connectivity index (χ3v) is 4.98. The van der Waals surface area contributed by atoms with Crippen LogP contribution in [0.5, 0.6) is 0 Å². The molecule has 1 amide bonds. The van der Waals surface area contributed by atoms with Crippen molar-refractivity contribution in [3.05, 3.63) is 29.8 Å². The second kappa shape index (κ2) is 10.8. The van der Waals surface area contributed by atoms with Crippen molar-refractivity contribution in [3.63, 3.8) is 0 Å². The number of amides is 1. The van der Waals surface area contributed by atoms with Gasteiger partial charge in [-0.25, -0.2) is 0 Å². The minimum atomic E-state index is -0.976. The van der Waals surface area contributed by atoms with Crippen LogP contribution in [0.15, 0.2) is 24.3 Å². The molecule has 1 aliphatic rings. The third-order valence-electron chi connectivity index (χ3n) is 3.70. The largest absolute Gasteiger partial charge is 0.384 e. The molecule has 0 spiro atoms. The van der Waals surface area contributed by atoms with Crippen molar-refractivity contribution in [2.24, 2.45) is 5.73 Å². The van der Waals surface area contributed by atoms with E-state index in [0.29, 0.717) is 36.8 Å². The van der Waals surface area contributed by atoms with Crippen LogP contribution in [0.25, 0.3) is 0 Å². The molecule has 1 heterocycles. The van der Waals surface area contributed by atoms with E-state index in [1.807, 2.05) is 24.3 Å². The number of carbonyl (C=O) groups excluding carboxylic acids is 1. The lowest BCUT2D eigenvalue weighted by Crippen LogP contribution is -2.29. The van der Waals surface area contributed by atoms with Crippen LogP contribution in [0.2, 0.25) is 0 Å². The molecule has 1 aromatic rings. The Bertz CT molecular complexity index is 559. The lowest BCUT2D eigenvalue weighted by Gasteiger charge is -2.13. The zero-order valence-corrected chi connectivity index (χ0v) is 15.4. The number of benzene rings is 1. The van der Waals surface area contributed by atoms with Gasteiger partial charge in [0.25, 0.3) is 5.91 Å². The number of hydrogen-bond donors (Lipinski definition) is 2. The smallest absolute Gasteiger partial charge is 0.253 e. The molecule has 6 nitrogen and oxygen atoms in total. The molecule has 0 aromatic heterocycles. The molecule has 136 valence electrons. The molecule has 2 rings (SSSR count). The zero-order valence-electron chi connectivity index (χ0n) is 13.7. The van der Waals surface area contributed by atoms with Gasteiger partial charge in [-0.15, -0.1) is 12.4 Å². The minimum Gasteiger partial charge on any atom is -0.384 e. The Balaban J connectivity index is 0.00000288. The first-order valence-electron chi connectivity index (χ1n) is 7.71. The number of nitrogens with one attached hydrogen (secondary N) is 1. The Labute approximate surface area is 151 Å². The van der Waals surface area contributed by atoms with E-state index >= 15 is 0 Å². The van der Waals surface area contributed by atoms with E-state index < -0.39 is 16.9 Å². The molecule has 8 heteroatoms. The van der Waals surface area contributed by atoms with Gasteiger partial charge in [-0.05, 0) is 30.5 Å². The van der Waals surface area contributed by atoms with Gasteiger partial charge in [0.1, 0.15) is 6.10 Å². The highest BCUT2D eigenvalue weighted by molar-refractivity contribution is 7.84. The van der Waals surface area contributed by atoms with E-state index in [0.717, 1.165) is 12.0 Å². The maximum absolute atomic E-state index is 12.2. The number of nitrogens with two attached hydrogens (primary N) is 1. The van der Waals surface area contributed by atoms with E-state index in [2.05, 4.69) is 5.32 Å². The van der Waals surface area contributed by atoms with Crippen molar-refractivity contribution >= 4 is 34.8 Å². The van der Waals surface area contributed by atoms with E-state index in [4.69, 9.17) is 15.2 Å². The minimum absolute atomic E-state index is 0. The fraction of sp³-hybridized carbons (Fsp3) is 0.562. The normalized spacial score (nSPS) is 21.1. The number of ether oxygens (including phenoxy) is 2. The number of carbonyl (C=O) groups is 1. The second-order valence-corrected chi connectivity index (χ2v) is 7.11. The number of halogens is 1. The first-order valence-corrected chi connectivity index (χ1v) is 9.20. The molecule has 1 saturated heterocycles. The standard InChI is InChI=1S/C16H24N2O4S.ClH/c1-21-7-8-23(20)11-12-3-2-4-13(9-12)18-16(19)15-6-5-14(10-17)22-15;/h2-4,9,14-15H,5-8,10-11,17H2,1H3,(H,18,19);1H/t14-,15+,23?;/m1./s1. The summed E-state index contributed by atoms with van der Waals surface area (Å²) in [5.41, 5.74) is 7.17. The summed E-state index contributed by atoms with van der Waals surface area (Å²) in [5.74, 6) is 0.796. The van der Waals surface area contributed by atoms with Gasteiger partial charge in [-0.1, -0.05) is 12.1 Å². The maximum Gasteiger partial charge on any atom is 0.253 e. The van der Waals surface area contributed by atoms with Crippen LogP contribution in [0.3, 0.4) is 0 Å². The molecule has 1 fully saturated rings. The van der Waals surface area contributed by atoms with Gasteiger partial charge in [0.15, 0.2) is 0 Å². The van der Waals surface area contributed by atoms with Gasteiger partial charge < -0.3 is 20.5 Å². The molecule has 3 N–H and O–H groups in total. The molecule has 0 aliphatic carbocycles. The molecular weight excluding hydrogens is 352 g/mol. The van der Waals surface area contributed by atoms with Gasteiger partial charge >= 0.3 is 0 Å². The summed E-state index contributed by atoms with van der Waals surface area (Å²) < 4.78 is 22.4. The summed E-state index contributed by atoms with van der Waals surface area (Å²) >= 11 is 0. The van der Waals surface area contributed by atoms with Crippen molar-refractivity contribution in [1.82, 2.24) is 0 Å².